The molecule has 5 nitrogen and oxygen atoms in total. The number of aromatic nitrogens is 2. The Bertz CT molecular complexity index is 919. The summed E-state index contributed by atoms with van der Waals surface area (Å²) in [5.74, 6) is -0.0634. The van der Waals surface area contributed by atoms with Gasteiger partial charge in [0.15, 0.2) is 5.82 Å². The van der Waals surface area contributed by atoms with Crippen LogP contribution in [0.3, 0.4) is 0 Å². The van der Waals surface area contributed by atoms with Crippen LogP contribution in [0.25, 0.3) is 22.3 Å². The molecule has 126 valence electrons. The van der Waals surface area contributed by atoms with E-state index in [0.717, 1.165) is 48.5 Å². The van der Waals surface area contributed by atoms with Crippen LogP contribution in [0, 0.1) is 0 Å². The molecule has 0 spiro atoms. The molecule has 4 rings (SSSR count). The number of carbonyl (C=O) groups is 1. The van der Waals surface area contributed by atoms with Crippen LogP contribution >= 0.6 is 0 Å². The van der Waals surface area contributed by atoms with E-state index in [0.29, 0.717) is 5.52 Å². The summed E-state index contributed by atoms with van der Waals surface area (Å²) in [6.07, 6.45) is 3.57. The fourth-order valence-corrected chi connectivity index (χ4v) is 3.29. The van der Waals surface area contributed by atoms with Gasteiger partial charge >= 0.3 is 5.97 Å². The van der Waals surface area contributed by atoms with Crippen LogP contribution in [0.15, 0.2) is 48.5 Å². The highest BCUT2D eigenvalue weighted by Gasteiger charge is 2.19. The van der Waals surface area contributed by atoms with Gasteiger partial charge in [0, 0.05) is 18.7 Å². The molecule has 0 atom stereocenters. The maximum Gasteiger partial charge on any atom is 0.335 e. The van der Waals surface area contributed by atoms with E-state index < -0.39 is 5.97 Å². The Morgan fingerprint density at radius 1 is 0.920 bits per heavy atom. The summed E-state index contributed by atoms with van der Waals surface area (Å²) >= 11 is 0. The van der Waals surface area contributed by atoms with Crippen molar-refractivity contribution in [3.05, 3.63) is 54.1 Å². The molecule has 0 radical (unpaired) electrons. The number of benzene rings is 2. The first-order valence-corrected chi connectivity index (χ1v) is 8.58. The number of nitrogens with zero attached hydrogens (tertiary/aromatic N) is 3. The third kappa shape index (κ3) is 3.05. The van der Waals surface area contributed by atoms with E-state index in [1.54, 1.807) is 18.2 Å². The first-order chi connectivity index (χ1) is 12.2. The van der Waals surface area contributed by atoms with Gasteiger partial charge in [-0.3, -0.25) is 0 Å². The number of carboxylic acid groups (broad SMARTS) is 1. The van der Waals surface area contributed by atoms with Gasteiger partial charge in [-0.1, -0.05) is 30.3 Å². The van der Waals surface area contributed by atoms with Gasteiger partial charge in [0.05, 0.1) is 16.6 Å². The van der Waals surface area contributed by atoms with E-state index in [1.807, 2.05) is 30.3 Å². The molecule has 0 amide bonds. The van der Waals surface area contributed by atoms with E-state index in [4.69, 9.17) is 9.97 Å². The summed E-state index contributed by atoms with van der Waals surface area (Å²) in [7, 11) is 0. The Morgan fingerprint density at radius 2 is 1.68 bits per heavy atom. The zero-order chi connectivity index (χ0) is 17.2. The number of anilines is 1. The number of aromatic carboxylic acids is 1. The molecule has 1 fully saturated rings. The molecule has 0 unspecified atom stereocenters. The Hall–Kier alpha value is -2.95. The summed E-state index contributed by atoms with van der Waals surface area (Å²) in [5, 5.41) is 9.23. The zero-order valence-electron chi connectivity index (χ0n) is 13.9. The van der Waals surface area contributed by atoms with Crippen molar-refractivity contribution in [1.29, 1.82) is 0 Å². The van der Waals surface area contributed by atoms with Gasteiger partial charge in [-0.2, -0.15) is 0 Å². The smallest absolute Gasteiger partial charge is 0.335 e. The lowest BCUT2D eigenvalue weighted by atomic mass is 10.1. The van der Waals surface area contributed by atoms with Gasteiger partial charge in [0.25, 0.3) is 0 Å². The lowest BCUT2D eigenvalue weighted by Gasteiger charge is -2.29. The maximum atomic E-state index is 11.3. The summed E-state index contributed by atoms with van der Waals surface area (Å²) in [4.78, 5) is 23.2. The number of rotatable bonds is 3. The number of carboxylic acids is 1. The molecule has 3 aromatic rings. The monoisotopic (exact) mass is 333 g/mol. The second kappa shape index (κ2) is 6.51. The van der Waals surface area contributed by atoms with Crippen molar-refractivity contribution in [2.75, 3.05) is 18.0 Å². The van der Waals surface area contributed by atoms with Crippen LogP contribution in [0.5, 0.6) is 0 Å². The van der Waals surface area contributed by atoms with Gasteiger partial charge < -0.3 is 10.0 Å². The third-order valence-corrected chi connectivity index (χ3v) is 4.60. The third-order valence-electron chi connectivity index (χ3n) is 4.60. The highest BCUT2D eigenvalue weighted by molar-refractivity contribution is 5.93. The average molecular weight is 333 g/mol. The molecule has 1 aliphatic rings. The number of hydrogen-bond donors (Lipinski definition) is 1. The fraction of sp³-hybridized carbons (Fsp3) is 0.250. The normalized spacial score (nSPS) is 14.6. The SMILES string of the molecule is O=C(O)c1ccc2nc(N3CCCCC3)c(-c3ccccc3)nc2c1. The van der Waals surface area contributed by atoms with Crippen LogP contribution in [-0.4, -0.2) is 34.1 Å². The van der Waals surface area contributed by atoms with Crippen LogP contribution in [0.4, 0.5) is 5.82 Å². The molecular formula is C20H19N3O2. The number of piperidine rings is 1. The van der Waals surface area contributed by atoms with Crippen LogP contribution in [0.2, 0.25) is 0 Å². The predicted octanol–water partition coefficient (Wildman–Crippen LogP) is 3.99. The minimum Gasteiger partial charge on any atom is -0.478 e. The molecule has 25 heavy (non-hydrogen) atoms. The molecule has 1 aromatic heterocycles. The zero-order valence-corrected chi connectivity index (χ0v) is 13.9. The van der Waals surface area contributed by atoms with E-state index in [2.05, 4.69) is 4.90 Å². The highest BCUT2D eigenvalue weighted by atomic mass is 16.4. The van der Waals surface area contributed by atoms with Crippen molar-refractivity contribution in [3.63, 3.8) is 0 Å². The van der Waals surface area contributed by atoms with E-state index in [9.17, 15) is 9.90 Å². The average Bonchev–Trinajstić information content (AvgIpc) is 2.68. The molecule has 5 heteroatoms. The molecule has 2 heterocycles. The first-order valence-electron chi connectivity index (χ1n) is 8.58. The van der Waals surface area contributed by atoms with Gasteiger partial charge in [-0.15, -0.1) is 0 Å². The van der Waals surface area contributed by atoms with Crippen molar-refractivity contribution >= 4 is 22.8 Å². The fourth-order valence-electron chi connectivity index (χ4n) is 3.29. The van der Waals surface area contributed by atoms with Crippen molar-refractivity contribution in [1.82, 2.24) is 9.97 Å². The molecule has 0 saturated carbocycles. The standard InChI is InChI=1S/C20H19N3O2/c24-20(25)15-9-10-16-17(13-15)21-18(14-7-3-1-4-8-14)19(22-16)23-11-5-2-6-12-23/h1,3-4,7-10,13H,2,5-6,11-12H2,(H,24,25). The minimum atomic E-state index is -0.954. The Balaban J connectivity index is 1.91. The van der Waals surface area contributed by atoms with E-state index in [-0.39, 0.29) is 5.56 Å². The second-order valence-electron chi connectivity index (χ2n) is 6.32. The quantitative estimate of drug-likeness (QED) is 0.785. The number of hydrogen-bond acceptors (Lipinski definition) is 4. The predicted molar refractivity (Wildman–Crippen MR) is 98.0 cm³/mol. The molecule has 1 saturated heterocycles. The summed E-state index contributed by atoms with van der Waals surface area (Å²) in [5.41, 5.74) is 3.38. The molecular weight excluding hydrogens is 314 g/mol. The van der Waals surface area contributed by atoms with Crippen molar-refractivity contribution in [2.45, 2.75) is 19.3 Å². The lowest BCUT2D eigenvalue weighted by molar-refractivity contribution is 0.0697. The van der Waals surface area contributed by atoms with E-state index >= 15 is 0 Å². The minimum absolute atomic E-state index is 0.228. The van der Waals surface area contributed by atoms with Crippen molar-refractivity contribution in [2.24, 2.45) is 0 Å². The second-order valence-corrected chi connectivity index (χ2v) is 6.32. The van der Waals surface area contributed by atoms with Crippen molar-refractivity contribution < 1.29 is 9.90 Å². The Labute approximate surface area is 146 Å². The van der Waals surface area contributed by atoms with Crippen LogP contribution in [-0.2, 0) is 0 Å². The molecule has 1 N–H and O–H groups in total. The topological polar surface area (TPSA) is 66.3 Å². The molecule has 1 aliphatic heterocycles. The Morgan fingerprint density at radius 3 is 2.40 bits per heavy atom. The largest absolute Gasteiger partial charge is 0.478 e. The Kier molecular flexibility index (Phi) is 4.06. The molecule has 0 aliphatic carbocycles. The lowest BCUT2D eigenvalue weighted by Crippen LogP contribution is -2.31. The first kappa shape index (κ1) is 15.6. The van der Waals surface area contributed by atoms with Crippen molar-refractivity contribution in [3.8, 4) is 11.3 Å². The molecule has 2 aromatic carbocycles. The van der Waals surface area contributed by atoms with Gasteiger partial charge in [0.2, 0.25) is 0 Å². The molecule has 0 bridgehead atoms. The summed E-state index contributed by atoms with van der Waals surface area (Å²) in [6, 6.07) is 14.9. The van der Waals surface area contributed by atoms with Gasteiger partial charge in [0.1, 0.15) is 5.69 Å². The maximum absolute atomic E-state index is 11.3. The van der Waals surface area contributed by atoms with Gasteiger partial charge in [-0.25, -0.2) is 14.8 Å². The highest BCUT2D eigenvalue weighted by Crippen LogP contribution is 2.31. The number of fused-ring (bicyclic) bond motifs is 1. The summed E-state index contributed by atoms with van der Waals surface area (Å²) < 4.78 is 0. The van der Waals surface area contributed by atoms with Gasteiger partial charge in [-0.05, 0) is 37.5 Å². The summed E-state index contributed by atoms with van der Waals surface area (Å²) in [6.45, 7) is 1.96. The van der Waals surface area contributed by atoms with E-state index in [1.165, 1.54) is 6.42 Å². The van der Waals surface area contributed by atoms with Crippen LogP contribution < -0.4 is 4.90 Å². The van der Waals surface area contributed by atoms with Crippen LogP contribution in [0.1, 0.15) is 29.6 Å².